The van der Waals surface area contributed by atoms with Gasteiger partial charge in [0.15, 0.2) is 0 Å². The molecule has 0 aliphatic heterocycles. The molecule has 6 nitrogen and oxygen atoms in total. The number of hydrogen-bond donors (Lipinski definition) is 0. The van der Waals surface area contributed by atoms with Crippen molar-refractivity contribution in [2.24, 2.45) is 0 Å². The van der Waals surface area contributed by atoms with Crippen molar-refractivity contribution in [2.45, 2.75) is 11.4 Å². The van der Waals surface area contributed by atoms with Gasteiger partial charge in [0, 0.05) is 13.6 Å². The lowest BCUT2D eigenvalue weighted by Gasteiger charge is -2.18. The third-order valence-corrected chi connectivity index (χ3v) is 5.89. The van der Waals surface area contributed by atoms with Gasteiger partial charge in [0.1, 0.15) is 10.6 Å². The van der Waals surface area contributed by atoms with Gasteiger partial charge in [-0.05, 0) is 35.9 Å². The minimum Gasteiger partial charge on any atom is -0.497 e. The average molecular weight is 384 g/mol. The molecule has 25 heavy (non-hydrogen) atoms. The Hall–Kier alpha value is -2.09. The number of rotatable bonds is 6. The molecule has 0 saturated carbocycles. The maximum absolute atomic E-state index is 12.7. The SMILES string of the molecule is COC(=O)c1ccc(S(=O)(=O)N(C)Cc2ccc(OC)cc2)c(Cl)c1. The molecule has 0 fully saturated rings. The van der Waals surface area contributed by atoms with Gasteiger partial charge in [-0.2, -0.15) is 4.31 Å². The van der Waals surface area contributed by atoms with Crippen LogP contribution in [0.2, 0.25) is 5.02 Å². The minimum absolute atomic E-state index is 0.0375. The molecule has 0 saturated heterocycles. The summed E-state index contributed by atoms with van der Waals surface area (Å²) in [5.41, 5.74) is 0.985. The predicted octanol–water partition coefficient (Wildman–Crippen LogP) is 2.96. The summed E-state index contributed by atoms with van der Waals surface area (Å²) in [4.78, 5) is 11.4. The average Bonchev–Trinajstić information content (AvgIpc) is 2.61. The quantitative estimate of drug-likeness (QED) is 0.717. The van der Waals surface area contributed by atoms with E-state index in [0.29, 0.717) is 5.75 Å². The van der Waals surface area contributed by atoms with Crippen LogP contribution in [0, 0.1) is 0 Å². The van der Waals surface area contributed by atoms with Gasteiger partial charge in [0.25, 0.3) is 0 Å². The van der Waals surface area contributed by atoms with E-state index >= 15 is 0 Å². The lowest BCUT2D eigenvalue weighted by Crippen LogP contribution is -2.26. The fourth-order valence-electron chi connectivity index (χ4n) is 2.20. The highest BCUT2D eigenvalue weighted by atomic mass is 35.5. The molecule has 134 valence electrons. The summed E-state index contributed by atoms with van der Waals surface area (Å²) in [6.07, 6.45) is 0. The molecule has 0 spiro atoms. The third-order valence-electron chi connectivity index (χ3n) is 3.61. The molecule has 0 radical (unpaired) electrons. The summed E-state index contributed by atoms with van der Waals surface area (Å²) in [5.74, 6) is 0.105. The molecule has 0 aliphatic rings. The molecule has 0 bridgehead atoms. The molecule has 0 unspecified atom stereocenters. The number of esters is 1. The summed E-state index contributed by atoms with van der Waals surface area (Å²) in [6, 6.07) is 11.0. The first-order valence-corrected chi connectivity index (χ1v) is 9.08. The van der Waals surface area contributed by atoms with E-state index in [1.165, 1.54) is 36.7 Å². The van der Waals surface area contributed by atoms with Crippen molar-refractivity contribution in [1.29, 1.82) is 0 Å². The van der Waals surface area contributed by atoms with E-state index < -0.39 is 16.0 Å². The van der Waals surface area contributed by atoms with Crippen molar-refractivity contribution in [2.75, 3.05) is 21.3 Å². The monoisotopic (exact) mass is 383 g/mol. The van der Waals surface area contributed by atoms with E-state index in [-0.39, 0.29) is 22.0 Å². The number of sulfonamides is 1. The van der Waals surface area contributed by atoms with Gasteiger partial charge >= 0.3 is 5.97 Å². The van der Waals surface area contributed by atoms with Crippen molar-refractivity contribution < 1.29 is 22.7 Å². The van der Waals surface area contributed by atoms with Crippen molar-refractivity contribution in [3.05, 3.63) is 58.6 Å². The number of halogens is 1. The molecule has 0 heterocycles. The van der Waals surface area contributed by atoms with Gasteiger partial charge in [-0.1, -0.05) is 23.7 Å². The second-order valence-electron chi connectivity index (χ2n) is 5.25. The van der Waals surface area contributed by atoms with Crippen LogP contribution in [0.5, 0.6) is 5.75 Å². The van der Waals surface area contributed by atoms with Crippen molar-refractivity contribution >= 4 is 27.6 Å². The number of ether oxygens (including phenoxy) is 2. The highest BCUT2D eigenvalue weighted by molar-refractivity contribution is 7.89. The standard InChI is InChI=1S/C17H18ClNO5S/c1-19(11-12-4-7-14(23-2)8-5-12)25(21,22)16-9-6-13(10-15(16)18)17(20)24-3/h4-10H,11H2,1-3H3. The van der Waals surface area contributed by atoms with Gasteiger partial charge in [0.05, 0.1) is 24.8 Å². The Balaban J connectivity index is 2.25. The first-order chi connectivity index (χ1) is 11.8. The van der Waals surface area contributed by atoms with Gasteiger partial charge in [-0.15, -0.1) is 0 Å². The molecular formula is C17H18ClNO5S. The Kier molecular flexibility index (Phi) is 6.05. The molecule has 0 atom stereocenters. The van der Waals surface area contributed by atoms with E-state index in [4.69, 9.17) is 16.3 Å². The number of hydrogen-bond acceptors (Lipinski definition) is 5. The Bertz CT molecular complexity index is 865. The summed E-state index contributed by atoms with van der Waals surface area (Å²) in [6.45, 7) is 0.168. The Morgan fingerprint density at radius 2 is 1.76 bits per heavy atom. The molecule has 2 aromatic carbocycles. The fourth-order valence-corrected chi connectivity index (χ4v) is 3.87. The van der Waals surface area contributed by atoms with Crippen LogP contribution in [0.15, 0.2) is 47.4 Å². The maximum Gasteiger partial charge on any atom is 0.337 e. The molecular weight excluding hydrogens is 366 g/mol. The first-order valence-electron chi connectivity index (χ1n) is 7.26. The van der Waals surface area contributed by atoms with Crippen LogP contribution in [0.1, 0.15) is 15.9 Å². The van der Waals surface area contributed by atoms with E-state index in [0.717, 1.165) is 5.56 Å². The largest absolute Gasteiger partial charge is 0.497 e. The van der Waals surface area contributed by atoms with Gasteiger partial charge < -0.3 is 9.47 Å². The van der Waals surface area contributed by atoms with Crippen molar-refractivity contribution in [3.63, 3.8) is 0 Å². The van der Waals surface area contributed by atoms with E-state index in [9.17, 15) is 13.2 Å². The normalized spacial score (nSPS) is 11.4. The van der Waals surface area contributed by atoms with Crippen LogP contribution < -0.4 is 4.74 Å². The topological polar surface area (TPSA) is 72.9 Å². The molecule has 2 aromatic rings. The second-order valence-corrected chi connectivity index (χ2v) is 7.67. The van der Waals surface area contributed by atoms with Crippen molar-refractivity contribution in [3.8, 4) is 5.75 Å². The van der Waals surface area contributed by atoms with E-state index in [1.54, 1.807) is 31.4 Å². The first kappa shape index (κ1) is 19.2. The van der Waals surface area contributed by atoms with Crippen LogP contribution in [0.25, 0.3) is 0 Å². The fraction of sp³-hybridized carbons (Fsp3) is 0.235. The Morgan fingerprint density at radius 1 is 1.12 bits per heavy atom. The number of nitrogens with zero attached hydrogens (tertiary/aromatic N) is 1. The Morgan fingerprint density at radius 3 is 2.28 bits per heavy atom. The van der Waals surface area contributed by atoms with Gasteiger partial charge in [-0.25, -0.2) is 13.2 Å². The molecule has 0 N–H and O–H groups in total. The van der Waals surface area contributed by atoms with E-state index in [2.05, 4.69) is 4.74 Å². The second kappa shape index (κ2) is 7.86. The molecule has 2 rings (SSSR count). The van der Waals surface area contributed by atoms with Crippen LogP contribution in [-0.2, 0) is 21.3 Å². The van der Waals surface area contributed by atoms with Gasteiger partial charge in [0.2, 0.25) is 10.0 Å². The molecule has 8 heteroatoms. The third kappa shape index (κ3) is 4.31. The highest BCUT2D eigenvalue weighted by Crippen LogP contribution is 2.26. The zero-order valence-electron chi connectivity index (χ0n) is 14.0. The van der Waals surface area contributed by atoms with Crippen LogP contribution in [-0.4, -0.2) is 40.0 Å². The predicted molar refractivity (Wildman–Crippen MR) is 94.4 cm³/mol. The summed E-state index contributed by atoms with van der Waals surface area (Å²) >= 11 is 6.07. The molecule has 0 amide bonds. The maximum atomic E-state index is 12.7. The van der Waals surface area contributed by atoms with Gasteiger partial charge in [-0.3, -0.25) is 0 Å². The van der Waals surface area contributed by atoms with Crippen LogP contribution in [0.4, 0.5) is 0 Å². The number of carbonyl (C=O) groups excluding carboxylic acids is 1. The Labute approximate surface area is 152 Å². The number of benzene rings is 2. The number of methoxy groups -OCH3 is 2. The van der Waals surface area contributed by atoms with Crippen LogP contribution >= 0.6 is 11.6 Å². The number of carbonyl (C=O) groups is 1. The lowest BCUT2D eigenvalue weighted by atomic mass is 10.2. The minimum atomic E-state index is -3.81. The smallest absolute Gasteiger partial charge is 0.337 e. The summed E-state index contributed by atoms with van der Waals surface area (Å²) < 4.78 is 36.3. The zero-order valence-corrected chi connectivity index (χ0v) is 15.6. The highest BCUT2D eigenvalue weighted by Gasteiger charge is 2.24. The lowest BCUT2D eigenvalue weighted by molar-refractivity contribution is 0.0600. The molecule has 0 aromatic heterocycles. The molecule has 0 aliphatic carbocycles. The zero-order chi connectivity index (χ0) is 18.6. The van der Waals surface area contributed by atoms with Crippen LogP contribution in [0.3, 0.4) is 0 Å². The summed E-state index contributed by atoms with van der Waals surface area (Å²) in [5, 5.41) is -0.0375. The van der Waals surface area contributed by atoms with E-state index in [1.807, 2.05) is 0 Å². The van der Waals surface area contributed by atoms with Crippen molar-refractivity contribution in [1.82, 2.24) is 4.31 Å². The summed E-state index contributed by atoms with van der Waals surface area (Å²) in [7, 11) is 0.448.